The van der Waals surface area contributed by atoms with Gasteiger partial charge in [0.1, 0.15) is 5.69 Å². The van der Waals surface area contributed by atoms with Crippen LogP contribution in [0.4, 0.5) is 0 Å². The molecule has 102 valence electrons. The minimum atomic E-state index is -0.346. The predicted molar refractivity (Wildman–Crippen MR) is 79.5 cm³/mol. The maximum atomic E-state index is 11.8. The number of hydrogen-bond acceptors (Lipinski definition) is 4. The highest BCUT2D eigenvalue weighted by Crippen LogP contribution is 2.29. The third kappa shape index (κ3) is 2.19. The SMILES string of the molecule is CCOC(=O)c1csc2nc(-c3ccccc3Cl)cn12. The summed E-state index contributed by atoms with van der Waals surface area (Å²) in [5, 5.41) is 2.38. The first-order valence-corrected chi connectivity index (χ1v) is 7.35. The van der Waals surface area contributed by atoms with E-state index in [1.165, 1.54) is 11.3 Å². The van der Waals surface area contributed by atoms with Gasteiger partial charge in [0.15, 0.2) is 4.96 Å². The molecule has 0 saturated carbocycles. The molecule has 0 amide bonds. The normalized spacial score (nSPS) is 10.9. The Morgan fingerprint density at radius 2 is 2.25 bits per heavy atom. The smallest absolute Gasteiger partial charge is 0.356 e. The Bertz CT molecular complexity index is 778. The van der Waals surface area contributed by atoms with Crippen LogP contribution in [-0.2, 0) is 4.74 Å². The lowest BCUT2D eigenvalue weighted by Gasteiger charge is -2.00. The molecule has 0 unspecified atom stereocenters. The van der Waals surface area contributed by atoms with E-state index in [1.807, 2.05) is 24.3 Å². The monoisotopic (exact) mass is 306 g/mol. The molecule has 0 aliphatic carbocycles. The van der Waals surface area contributed by atoms with Crippen molar-refractivity contribution in [2.24, 2.45) is 0 Å². The number of ether oxygens (including phenoxy) is 1. The zero-order valence-electron chi connectivity index (χ0n) is 10.7. The van der Waals surface area contributed by atoms with Crippen molar-refractivity contribution in [2.75, 3.05) is 6.61 Å². The number of rotatable bonds is 3. The second-order valence-corrected chi connectivity index (χ2v) is 5.34. The van der Waals surface area contributed by atoms with Gasteiger partial charge < -0.3 is 4.74 Å². The summed E-state index contributed by atoms with van der Waals surface area (Å²) in [4.78, 5) is 17.1. The lowest BCUT2D eigenvalue weighted by Crippen LogP contribution is -2.06. The number of halogens is 1. The number of carbonyl (C=O) groups is 1. The molecule has 0 saturated heterocycles. The van der Waals surface area contributed by atoms with E-state index in [9.17, 15) is 4.79 Å². The van der Waals surface area contributed by atoms with Gasteiger partial charge in [-0.15, -0.1) is 11.3 Å². The van der Waals surface area contributed by atoms with Crippen LogP contribution in [0, 0.1) is 0 Å². The number of carbonyl (C=O) groups excluding carboxylic acids is 1. The van der Waals surface area contributed by atoms with Gasteiger partial charge in [-0.2, -0.15) is 0 Å². The lowest BCUT2D eigenvalue weighted by atomic mass is 10.2. The Balaban J connectivity index is 2.08. The first-order valence-electron chi connectivity index (χ1n) is 6.09. The molecule has 1 aromatic carbocycles. The van der Waals surface area contributed by atoms with Crippen LogP contribution in [0.2, 0.25) is 5.02 Å². The van der Waals surface area contributed by atoms with Crippen molar-refractivity contribution in [1.82, 2.24) is 9.38 Å². The van der Waals surface area contributed by atoms with Crippen molar-refractivity contribution < 1.29 is 9.53 Å². The number of nitrogens with zero attached hydrogens (tertiary/aromatic N) is 2. The number of imidazole rings is 1. The predicted octanol–water partition coefficient (Wildman–Crippen LogP) is 3.89. The Hall–Kier alpha value is -1.85. The molecule has 0 aliphatic rings. The van der Waals surface area contributed by atoms with Gasteiger partial charge in [-0.3, -0.25) is 4.40 Å². The topological polar surface area (TPSA) is 43.6 Å². The second-order valence-electron chi connectivity index (χ2n) is 4.10. The highest BCUT2D eigenvalue weighted by atomic mass is 35.5. The Morgan fingerprint density at radius 1 is 1.45 bits per heavy atom. The summed E-state index contributed by atoms with van der Waals surface area (Å²) in [6.45, 7) is 2.13. The molecule has 0 fully saturated rings. The lowest BCUT2D eigenvalue weighted by molar-refractivity contribution is 0.0518. The molecule has 3 rings (SSSR count). The minimum Gasteiger partial charge on any atom is -0.461 e. The van der Waals surface area contributed by atoms with E-state index in [0.29, 0.717) is 17.3 Å². The zero-order valence-corrected chi connectivity index (χ0v) is 12.2. The van der Waals surface area contributed by atoms with Crippen LogP contribution < -0.4 is 0 Å². The summed E-state index contributed by atoms with van der Waals surface area (Å²) in [6.07, 6.45) is 1.80. The highest BCUT2D eigenvalue weighted by Gasteiger charge is 2.16. The number of fused-ring (bicyclic) bond motifs is 1. The third-order valence-electron chi connectivity index (χ3n) is 2.84. The molecule has 4 nitrogen and oxygen atoms in total. The fourth-order valence-electron chi connectivity index (χ4n) is 1.93. The van der Waals surface area contributed by atoms with E-state index in [2.05, 4.69) is 4.98 Å². The molecule has 2 aromatic heterocycles. The Labute approximate surface area is 124 Å². The van der Waals surface area contributed by atoms with Crippen LogP contribution in [0.25, 0.3) is 16.2 Å². The summed E-state index contributed by atoms with van der Waals surface area (Å²) in [5.74, 6) is -0.346. The van der Waals surface area contributed by atoms with Crippen LogP contribution in [0.5, 0.6) is 0 Å². The fourth-order valence-corrected chi connectivity index (χ4v) is 3.01. The van der Waals surface area contributed by atoms with E-state index in [4.69, 9.17) is 16.3 Å². The van der Waals surface area contributed by atoms with Crippen molar-refractivity contribution >= 4 is 33.9 Å². The van der Waals surface area contributed by atoms with Gasteiger partial charge in [-0.25, -0.2) is 9.78 Å². The van der Waals surface area contributed by atoms with Gasteiger partial charge in [0, 0.05) is 17.1 Å². The number of hydrogen-bond donors (Lipinski definition) is 0. The highest BCUT2D eigenvalue weighted by molar-refractivity contribution is 7.15. The maximum Gasteiger partial charge on any atom is 0.356 e. The number of benzene rings is 1. The van der Waals surface area contributed by atoms with Crippen LogP contribution in [0.3, 0.4) is 0 Å². The standard InChI is InChI=1S/C14H11ClN2O2S/c1-2-19-13(18)12-8-20-14-16-11(7-17(12)14)9-5-3-4-6-10(9)15/h3-8H,2H2,1H3. The van der Waals surface area contributed by atoms with Crippen LogP contribution in [0.15, 0.2) is 35.8 Å². The minimum absolute atomic E-state index is 0.346. The van der Waals surface area contributed by atoms with Crippen LogP contribution in [0.1, 0.15) is 17.4 Å². The fraction of sp³-hybridized carbons (Fsp3) is 0.143. The molecule has 0 spiro atoms. The average Bonchev–Trinajstić information content (AvgIpc) is 2.99. The summed E-state index contributed by atoms with van der Waals surface area (Å²) >= 11 is 7.57. The van der Waals surface area contributed by atoms with E-state index in [1.54, 1.807) is 22.9 Å². The summed E-state index contributed by atoms with van der Waals surface area (Å²) < 4.78 is 6.76. The molecule has 2 heterocycles. The van der Waals surface area contributed by atoms with E-state index >= 15 is 0 Å². The van der Waals surface area contributed by atoms with Crippen LogP contribution >= 0.6 is 22.9 Å². The van der Waals surface area contributed by atoms with E-state index in [-0.39, 0.29) is 5.97 Å². The van der Waals surface area contributed by atoms with Gasteiger partial charge in [-0.05, 0) is 13.0 Å². The van der Waals surface area contributed by atoms with Gasteiger partial charge in [-0.1, -0.05) is 29.8 Å². The summed E-state index contributed by atoms with van der Waals surface area (Å²) in [5.41, 5.74) is 2.07. The van der Waals surface area contributed by atoms with E-state index in [0.717, 1.165) is 16.2 Å². The first-order chi connectivity index (χ1) is 9.70. The van der Waals surface area contributed by atoms with Crippen molar-refractivity contribution in [3.05, 3.63) is 46.6 Å². The molecule has 0 atom stereocenters. The van der Waals surface area contributed by atoms with Gasteiger partial charge in [0.05, 0.1) is 17.3 Å². The average molecular weight is 307 g/mol. The summed E-state index contributed by atoms with van der Waals surface area (Å²) in [6, 6.07) is 7.49. The molecular weight excluding hydrogens is 296 g/mol. The molecule has 20 heavy (non-hydrogen) atoms. The van der Waals surface area contributed by atoms with E-state index < -0.39 is 0 Å². The maximum absolute atomic E-state index is 11.8. The molecule has 6 heteroatoms. The van der Waals surface area contributed by atoms with Crippen molar-refractivity contribution in [3.8, 4) is 11.3 Å². The molecule has 0 bridgehead atoms. The first kappa shape index (κ1) is 13.1. The number of esters is 1. The Morgan fingerprint density at radius 3 is 3.00 bits per heavy atom. The molecule has 0 radical (unpaired) electrons. The zero-order chi connectivity index (χ0) is 14.1. The quantitative estimate of drug-likeness (QED) is 0.689. The van der Waals surface area contributed by atoms with Gasteiger partial charge >= 0.3 is 5.97 Å². The van der Waals surface area contributed by atoms with Crippen LogP contribution in [-0.4, -0.2) is 22.0 Å². The van der Waals surface area contributed by atoms with Crippen molar-refractivity contribution in [2.45, 2.75) is 6.92 Å². The van der Waals surface area contributed by atoms with Crippen molar-refractivity contribution in [1.29, 1.82) is 0 Å². The Kier molecular flexibility index (Phi) is 3.46. The molecule has 0 aliphatic heterocycles. The molecule has 3 aromatic rings. The second kappa shape index (κ2) is 5.26. The largest absolute Gasteiger partial charge is 0.461 e. The van der Waals surface area contributed by atoms with Crippen molar-refractivity contribution in [3.63, 3.8) is 0 Å². The molecular formula is C14H11ClN2O2S. The number of aromatic nitrogens is 2. The molecule has 0 N–H and O–H groups in total. The van der Waals surface area contributed by atoms with Gasteiger partial charge in [0.25, 0.3) is 0 Å². The third-order valence-corrected chi connectivity index (χ3v) is 4.01. The van der Waals surface area contributed by atoms with Gasteiger partial charge in [0.2, 0.25) is 0 Å². The summed E-state index contributed by atoms with van der Waals surface area (Å²) in [7, 11) is 0. The number of thiazole rings is 1.